The maximum absolute atomic E-state index is 10.4. The molecule has 2 bridgehead atoms. The molecule has 80 valence electrons. The molecule has 1 nitrogen and oxygen atoms in total. The molecule has 3 unspecified atom stereocenters. The van der Waals surface area contributed by atoms with Crippen molar-refractivity contribution < 1.29 is 5.11 Å². The average Bonchev–Trinajstić information content (AvgIpc) is 2.28. The lowest BCUT2D eigenvalue weighted by atomic mass is 10.0. The Bertz CT molecular complexity index is 337. The van der Waals surface area contributed by atoms with Gasteiger partial charge in [-0.25, -0.2) is 0 Å². The quantitative estimate of drug-likeness (QED) is 0.416. The zero-order valence-electron chi connectivity index (χ0n) is 6.50. The third-order valence-corrected chi connectivity index (χ3v) is 13.0. The summed E-state index contributed by atoms with van der Waals surface area (Å²) in [4.78, 5) is 0. The molecule has 0 amide bonds. The molecular formula is C7H4Br6O. The van der Waals surface area contributed by atoms with Crippen LogP contribution in [0.4, 0.5) is 0 Å². The van der Waals surface area contributed by atoms with Crippen LogP contribution in [-0.2, 0) is 0 Å². The Morgan fingerprint density at radius 1 is 1.14 bits per heavy atom. The smallest absolute Gasteiger partial charge is 0.164 e. The van der Waals surface area contributed by atoms with Gasteiger partial charge < -0.3 is 5.11 Å². The Hall–Kier alpha value is 2.58. The van der Waals surface area contributed by atoms with Crippen molar-refractivity contribution in [1.29, 1.82) is 0 Å². The fraction of sp³-hybridized carbons (Fsp3) is 0.714. The lowest BCUT2D eigenvalue weighted by Crippen LogP contribution is -2.54. The lowest BCUT2D eigenvalue weighted by molar-refractivity contribution is 0.135. The van der Waals surface area contributed by atoms with E-state index < -0.39 is 12.1 Å². The highest BCUT2D eigenvalue weighted by molar-refractivity contribution is 9.27. The lowest BCUT2D eigenvalue weighted by Gasteiger charge is -2.43. The molecule has 0 aromatic rings. The van der Waals surface area contributed by atoms with E-state index in [-0.39, 0.29) is 4.32 Å². The normalized spacial score (nSPS) is 54.9. The van der Waals surface area contributed by atoms with E-state index >= 15 is 0 Å². The van der Waals surface area contributed by atoms with E-state index in [1.807, 2.05) is 6.08 Å². The summed E-state index contributed by atoms with van der Waals surface area (Å²) in [5.41, 5.74) is 0. The van der Waals surface area contributed by atoms with E-state index in [0.717, 1.165) is 10.9 Å². The average molecular weight is 584 g/mol. The second-order valence-electron chi connectivity index (χ2n) is 3.53. The van der Waals surface area contributed by atoms with Gasteiger partial charge in [-0.1, -0.05) is 85.7 Å². The molecule has 0 aromatic heterocycles. The molecule has 1 N–H and O–H groups in total. The molecule has 1 fully saturated rings. The number of allylic oxidation sites excluding steroid dienone is 1. The largest absolute Gasteiger partial charge is 0.375 e. The maximum atomic E-state index is 10.4. The number of hydrogen-bond donors (Lipinski definition) is 1. The first-order chi connectivity index (χ1) is 6.08. The first kappa shape index (κ1) is 13.0. The van der Waals surface area contributed by atoms with Crippen LogP contribution in [0.1, 0.15) is 6.42 Å². The highest BCUT2D eigenvalue weighted by Gasteiger charge is 2.78. The molecule has 14 heavy (non-hydrogen) atoms. The van der Waals surface area contributed by atoms with Crippen LogP contribution >= 0.6 is 95.6 Å². The molecule has 2 rings (SSSR count). The van der Waals surface area contributed by atoms with E-state index in [9.17, 15) is 5.11 Å². The summed E-state index contributed by atoms with van der Waals surface area (Å²) in [6.45, 7) is 0. The van der Waals surface area contributed by atoms with Gasteiger partial charge in [-0.05, 0) is 22.4 Å². The molecule has 0 spiro atoms. The minimum absolute atomic E-state index is 0.359. The first-order valence-electron chi connectivity index (χ1n) is 3.64. The Morgan fingerprint density at radius 2 is 1.64 bits per heavy atom. The summed E-state index contributed by atoms with van der Waals surface area (Å²) >= 11 is 21.1. The number of hydrogen-bond acceptors (Lipinski definition) is 1. The van der Waals surface area contributed by atoms with E-state index in [4.69, 9.17) is 0 Å². The second kappa shape index (κ2) is 3.32. The summed E-state index contributed by atoms with van der Waals surface area (Å²) in [5, 5.41) is 10.4. The zero-order valence-corrected chi connectivity index (χ0v) is 16.0. The molecule has 2 aliphatic rings. The van der Waals surface area contributed by atoms with Crippen molar-refractivity contribution in [2.24, 2.45) is 0 Å². The van der Waals surface area contributed by atoms with Crippen LogP contribution in [0.5, 0.6) is 0 Å². The number of alkyl halides is 5. The minimum Gasteiger partial charge on any atom is -0.375 e. The molecule has 7 heteroatoms. The van der Waals surface area contributed by atoms with Gasteiger partial charge in [0.05, 0.1) is 8.65 Å². The molecule has 1 saturated carbocycles. The summed E-state index contributed by atoms with van der Waals surface area (Å²) in [6.07, 6.45) is 2.70. The van der Waals surface area contributed by atoms with Crippen molar-refractivity contribution >= 4 is 95.6 Å². The predicted molar refractivity (Wildman–Crippen MR) is 79.4 cm³/mol. The molecule has 2 aliphatic carbocycles. The maximum Gasteiger partial charge on any atom is 0.164 e. The molecule has 0 heterocycles. The minimum atomic E-state index is -1.10. The van der Waals surface area contributed by atoms with Gasteiger partial charge in [0, 0.05) is 4.48 Å². The summed E-state index contributed by atoms with van der Waals surface area (Å²) in [7, 11) is 0. The van der Waals surface area contributed by atoms with Crippen LogP contribution in [0.25, 0.3) is 0 Å². The molecular weight excluding hydrogens is 580 g/mol. The van der Waals surface area contributed by atoms with Gasteiger partial charge in [-0.3, -0.25) is 0 Å². The van der Waals surface area contributed by atoms with Crippen LogP contribution < -0.4 is 0 Å². The van der Waals surface area contributed by atoms with Crippen molar-refractivity contribution in [3.8, 4) is 0 Å². The topological polar surface area (TPSA) is 20.2 Å². The van der Waals surface area contributed by atoms with Crippen LogP contribution in [0.15, 0.2) is 10.6 Å². The van der Waals surface area contributed by atoms with Gasteiger partial charge in [0.2, 0.25) is 0 Å². The van der Waals surface area contributed by atoms with Crippen molar-refractivity contribution in [2.45, 2.75) is 22.8 Å². The van der Waals surface area contributed by atoms with Crippen LogP contribution in [0, 0.1) is 0 Å². The van der Waals surface area contributed by atoms with Crippen molar-refractivity contribution in [2.75, 3.05) is 0 Å². The Labute approximate surface area is 132 Å². The first-order valence-corrected chi connectivity index (χ1v) is 8.40. The monoisotopic (exact) mass is 578 g/mol. The predicted octanol–water partition coefficient (Wildman–Crippen LogP) is 4.52. The number of halogens is 6. The highest BCUT2D eigenvalue weighted by Crippen LogP contribution is 2.75. The Morgan fingerprint density at radius 3 is 1.93 bits per heavy atom. The fourth-order valence-corrected chi connectivity index (χ4v) is 8.44. The second-order valence-corrected chi connectivity index (χ2v) is 11.7. The molecule has 0 aliphatic heterocycles. The zero-order chi connectivity index (χ0) is 11.0. The molecule has 0 radical (unpaired) electrons. The summed E-state index contributed by atoms with van der Waals surface area (Å²) in [6, 6.07) is 0. The van der Waals surface area contributed by atoms with Gasteiger partial charge in [0.15, 0.2) is 4.51 Å². The van der Waals surface area contributed by atoms with E-state index in [0.29, 0.717) is 0 Å². The summed E-state index contributed by atoms with van der Waals surface area (Å²) in [5.74, 6) is 0. The Kier molecular flexibility index (Phi) is 3.09. The van der Waals surface area contributed by atoms with Crippen LogP contribution in [0.3, 0.4) is 0 Å². The number of fused-ring (bicyclic) bond motifs is 2. The number of aliphatic hydroxyl groups is 1. The van der Waals surface area contributed by atoms with Gasteiger partial charge in [-0.2, -0.15) is 0 Å². The fourth-order valence-electron chi connectivity index (χ4n) is 1.80. The number of rotatable bonds is 0. The van der Waals surface area contributed by atoms with Gasteiger partial charge in [0.1, 0.15) is 3.23 Å². The molecule has 3 atom stereocenters. The SMILES string of the molecule is OC1(Br)C2(Br)C=C(Br)C(Br)(C2)C1(Br)Br. The Balaban J connectivity index is 2.68. The van der Waals surface area contributed by atoms with Crippen molar-refractivity contribution in [1.82, 2.24) is 0 Å². The van der Waals surface area contributed by atoms with Crippen LogP contribution in [-0.4, -0.2) is 21.5 Å². The van der Waals surface area contributed by atoms with Gasteiger partial charge in [0.25, 0.3) is 0 Å². The summed E-state index contributed by atoms with van der Waals surface area (Å²) < 4.78 is -1.61. The third-order valence-electron chi connectivity index (χ3n) is 2.70. The van der Waals surface area contributed by atoms with E-state index in [1.54, 1.807) is 0 Å². The molecule has 0 aromatic carbocycles. The van der Waals surface area contributed by atoms with Gasteiger partial charge in [-0.15, -0.1) is 0 Å². The van der Waals surface area contributed by atoms with Gasteiger partial charge >= 0.3 is 0 Å². The van der Waals surface area contributed by atoms with Crippen LogP contribution in [0.2, 0.25) is 0 Å². The van der Waals surface area contributed by atoms with E-state index in [1.165, 1.54) is 0 Å². The third kappa shape index (κ3) is 1.24. The molecule has 0 saturated heterocycles. The van der Waals surface area contributed by atoms with Crippen molar-refractivity contribution in [3.63, 3.8) is 0 Å². The van der Waals surface area contributed by atoms with Crippen molar-refractivity contribution in [3.05, 3.63) is 10.6 Å². The highest BCUT2D eigenvalue weighted by atomic mass is 79.9. The standard InChI is InChI=1S/C7H4Br6O/c8-3-1-4(9)2-5(3,10)6(11,12)7(4,13)14/h1,14H,2H2. The van der Waals surface area contributed by atoms with E-state index in [2.05, 4.69) is 95.6 Å².